The maximum atomic E-state index is 12.8. The summed E-state index contributed by atoms with van der Waals surface area (Å²) in [5, 5.41) is 2.66. The maximum absolute atomic E-state index is 12.8. The molecule has 0 aromatic heterocycles. The number of benzene rings is 1. The Hall–Kier alpha value is -1.95. The number of halogens is 1. The normalized spacial score (nSPS) is 27.1. The minimum atomic E-state index is -0.939. The number of anilines is 1. The van der Waals surface area contributed by atoms with Gasteiger partial charge in [-0.1, -0.05) is 0 Å². The number of hydrogen-bond donors (Lipinski definition) is 1. The van der Waals surface area contributed by atoms with E-state index in [0.717, 1.165) is 4.90 Å². The first-order valence-corrected chi connectivity index (χ1v) is 5.62. The van der Waals surface area contributed by atoms with E-state index in [4.69, 9.17) is 4.74 Å². The second-order valence-electron chi connectivity index (χ2n) is 4.43. The van der Waals surface area contributed by atoms with Crippen LogP contribution in [0, 0.1) is 5.82 Å². The highest BCUT2D eigenvalue weighted by Gasteiger charge is 2.53. The quantitative estimate of drug-likeness (QED) is 0.758. The van der Waals surface area contributed by atoms with Gasteiger partial charge in [-0.05, 0) is 24.3 Å². The molecule has 3 amide bonds. The van der Waals surface area contributed by atoms with Gasteiger partial charge in [0.1, 0.15) is 11.4 Å². The molecule has 1 unspecified atom stereocenters. The van der Waals surface area contributed by atoms with Crippen LogP contribution in [0.25, 0.3) is 0 Å². The van der Waals surface area contributed by atoms with Gasteiger partial charge in [-0.25, -0.2) is 14.1 Å². The van der Waals surface area contributed by atoms with Gasteiger partial charge in [0, 0.05) is 13.0 Å². The standard InChI is InChI=1S/C12H11FN2O3/c13-8-1-3-9(4-2-8)15-10(16)12(14-11(15)17)5-6-18-7-12/h1-4H,5-7H2,(H,14,17). The van der Waals surface area contributed by atoms with Crippen molar-refractivity contribution in [2.24, 2.45) is 0 Å². The Morgan fingerprint density at radius 1 is 1.28 bits per heavy atom. The number of amides is 3. The molecule has 1 atom stereocenters. The van der Waals surface area contributed by atoms with Crippen LogP contribution in [0.2, 0.25) is 0 Å². The lowest BCUT2D eigenvalue weighted by Gasteiger charge is -2.18. The number of imide groups is 1. The van der Waals surface area contributed by atoms with Gasteiger partial charge >= 0.3 is 6.03 Å². The predicted molar refractivity (Wildman–Crippen MR) is 60.6 cm³/mol. The van der Waals surface area contributed by atoms with E-state index in [1.165, 1.54) is 24.3 Å². The Balaban J connectivity index is 1.95. The second-order valence-corrected chi connectivity index (χ2v) is 4.43. The largest absolute Gasteiger partial charge is 0.378 e. The Labute approximate surface area is 103 Å². The molecule has 1 spiro atoms. The number of urea groups is 1. The molecule has 3 rings (SSSR count). The first-order valence-electron chi connectivity index (χ1n) is 5.62. The summed E-state index contributed by atoms with van der Waals surface area (Å²) in [6, 6.07) is 4.75. The third-order valence-corrected chi connectivity index (χ3v) is 3.27. The van der Waals surface area contributed by atoms with Gasteiger partial charge in [-0.2, -0.15) is 0 Å². The predicted octanol–water partition coefficient (Wildman–Crippen LogP) is 1.04. The molecule has 2 fully saturated rings. The average Bonchev–Trinajstić information content (AvgIpc) is 2.89. The van der Waals surface area contributed by atoms with Crippen molar-refractivity contribution in [1.82, 2.24) is 5.32 Å². The summed E-state index contributed by atoms with van der Waals surface area (Å²) < 4.78 is 18.0. The molecule has 1 aromatic rings. The molecule has 0 radical (unpaired) electrons. The molecule has 2 aliphatic heterocycles. The van der Waals surface area contributed by atoms with E-state index in [1.54, 1.807) is 0 Å². The third kappa shape index (κ3) is 1.49. The highest BCUT2D eigenvalue weighted by atomic mass is 19.1. The molecule has 2 aliphatic rings. The van der Waals surface area contributed by atoms with E-state index in [0.29, 0.717) is 18.7 Å². The van der Waals surface area contributed by atoms with Gasteiger partial charge < -0.3 is 10.1 Å². The van der Waals surface area contributed by atoms with Crippen LogP contribution < -0.4 is 10.2 Å². The van der Waals surface area contributed by atoms with Crippen molar-refractivity contribution in [2.45, 2.75) is 12.0 Å². The number of carbonyl (C=O) groups is 2. The van der Waals surface area contributed by atoms with E-state index in [-0.39, 0.29) is 12.5 Å². The molecule has 2 saturated heterocycles. The highest BCUT2D eigenvalue weighted by Crippen LogP contribution is 2.30. The number of nitrogens with one attached hydrogen (secondary N) is 1. The Bertz CT molecular complexity index is 509. The third-order valence-electron chi connectivity index (χ3n) is 3.27. The molecule has 5 nitrogen and oxygen atoms in total. The lowest BCUT2D eigenvalue weighted by Crippen LogP contribution is -2.47. The Kier molecular flexibility index (Phi) is 2.34. The van der Waals surface area contributed by atoms with E-state index < -0.39 is 17.4 Å². The molecule has 6 heteroatoms. The van der Waals surface area contributed by atoms with Crippen molar-refractivity contribution in [3.63, 3.8) is 0 Å². The van der Waals surface area contributed by atoms with Crippen LogP contribution in [0.1, 0.15) is 6.42 Å². The van der Waals surface area contributed by atoms with Crippen molar-refractivity contribution in [2.75, 3.05) is 18.1 Å². The van der Waals surface area contributed by atoms with Crippen LogP contribution in [-0.4, -0.2) is 30.7 Å². The van der Waals surface area contributed by atoms with Crippen LogP contribution in [0.15, 0.2) is 24.3 Å². The number of rotatable bonds is 1. The van der Waals surface area contributed by atoms with Crippen LogP contribution in [0.4, 0.5) is 14.9 Å². The van der Waals surface area contributed by atoms with Crippen molar-refractivity contribution in [1.29, 1.82) is 0 Å². The van der Waals surface area contributed by atoms with Gasteiger partial charge in [0.15, 0.2) is 0 Å². The van der Waals surface area contributed by atoms with Crippen molar-refractivity contribution in [3.05, 3.63) is 30.1 Å². The SMILES string of the molecule is O=C1NC2(CCOC2)C(=O)N1c1ccc(F)cc1. The summed E-state index contributed by atoms with van der Waals surface area (Å²) in [5.74, 6) is -0.749. The van der Waals surface area contributed by atoms with Gasteiger partial charge in [-0.15, -0.1) is 0 Å². The molecule has 1 aromatic carbocycles. The summed E-state index contributed by atoms with van der Waals surface area (Å²) >= 11 is 0. The topological polar surface area (TPSA) is 58.6 Å². The number of carbonyl (C=O) groups excluding carboxylic acids is 2. The van der Waals surface area contributed by atoms with Crippen LogP contribution >= 0.6 is 0 Å². The van der Waals surface area contributed by atoms with Crippen LogP contribution in [-0.2, 0) is 9.53 Å². The first kappa shape index (κ1) is 11.2. The number of nitrogens with zero attached hydrogens (tertiary/aromatic N) is 1. The van der Waals surface area contributed by atoms with Gasteiger partial charge in [0.05, 0.1) is 12.3 Å². The van der Waals surface area contributed by atoms with Gasteiger partial charge in [0.25, 0.3) is 5.91 Å². The summed E-state index contributed by atoms with van der Waals surface area (Å²) in [6.45, 7) is 0.637. The lowest BCUT2D eigenvalue weighted by molar-refractivity contribution is -0.122. The summed E-state index contributed by atoms with van der Waals surface area (Å²) in [7, 11) is 0. The fourth-order valence-corrected chi connectivity index (χ4v) is 2.28. The molecule has 94 valence electrons. The molecule has 0 bridgehead atoms. The zero-order valence-electron chi connectivity index (χ0n) is 9.48. The van der Waals surface area contributed by atoms with Crippen LogP contribution in [0.5, 0.6) is 0 Å². The van der Waals surface area contributed by atoms with Crippen molar-refractivity contribution < 1.29 is 18.7 Å². The van der Waals surface area contributed by atoms with Crippen molar-refractivity contribution >= 4 is 17.6 Å². The lowest BCUT2D eigenvalue weighted by atomic mass is 9.99. The summed E-state index contributed by atoms with van der Waals surface area (Å²) in [6.07, 6.45) is 0.468. The molecule has 18 heavy (non-hydrogen) atoms. The number of ether oxygens (including phenoxy) is 1. The van der Waals surface area contributed by atoms with Crippen molar-refractivity contribution in [3.8, 4) is 0 Å². The van der Waals surface area contributed by atoms with E-state index >= 15 is 0 Å². The van der Waals surface area contributed by atoms with Crippen LogP contribution in [0.3, 0.4) is 0 Å². The first-order chi connectivity index (χ1) is 8.62. The minimum Gasteiger partial charge on any atom is -0.378 e. The smallest absolute Gasteiger partial charge is 0.329 e. The zero-order chi connectivity index (χ0) is 12.8. The monoisotopic (exact) mass is 250 g/mol. The molecule has 0 aliphatic carbocycles. The van der Waals surface area contributed by atoms with E-state index in [1.807, 2.05) is 0 Å². The average molecular weight is 250 g/mol. The molecule has 1 N–H and O–H groups in total. The number of hydrogen-bond acceptors (Lipinski definition) is 3. The molecular weight excluding hydrogens is 239 g/mol. The Morgan fingerprint density at radius 2 is 2.00 bits per heavy atom. The van der Waals surface area contributed by atoms with Gasteiger partial charge in [0.2, 0.25) is 0 Å². The maximum Gasteiger partial charge on any atom is 0.329 e. The second kappa shape index (κ2) is 3.78. The van der Waals surface area contributed by atoms with E-state index in [2.05, 4.69) is 5.32 Å². The fraction of sp³-hybridized carbons (Fsp3) is 0.333. The summed E-state index contributed by atoms with van der Waals surface area (Å²) in [4.78, 5) is 25.2. The van der Waals surface area contributed by atoms with E-state index in [9.17, 15) is 14.0 Å². The summed E-state index contributed by atoms with van der Waals surface area (Å²) in [5.41, 5.74) is -0.575. The highest BCUT2D eigenvalue weighted by molar-refractivity contribution is 6.23. The zero-order valence-corrected chi connectivity index (χ0v) is 9.48. The fourth-order valence-electron chi connectivity index (χ4n) is 2.28. The molecule has 2 heterocycles. The Morgan fingerprint density at radius 3 is 2.61 bits per heavy atom. The minimum absolute atomic E-state index is 0.190. The van der Waals surface area contributed by atoms with Gasteiger partial charge in [-0.3, -0.25) is 4.79 Å². The molecule has 0 saturated carbocycles. The molecular formula is C12H11FN2O3.